The van der Waals surface area contributed by atoms with Crippen LogP contribution in [0.4, 0.5) is 0 Å². The van der Waals surface area contributed by atoms with Crippen LogP contribution in [-0.2, 0) is 29.9 Å². The third-order valence-electron chi connectivity index (χ3n) is 4.99. The molecule has 0 spiro atoms. The normalized spacial score (nSPS) is 17.0. The fraction of sp³-hybridized carbons (Fsp3) is 0.579. The molecule has 4 heterocycles. The van der Waals surface area contributed by atoms with Gasteiger partial charge in [-0.25, -0.2) is 4.98 Å². The van der Waals surface area contributed by atoms with Gasteiger partial charge >= 0.3 is 0 Å². The van der Waals surface area contributed by atoms with Gasteiger partial charge in [-0.1, -0.05) is 30.8 Å². The molecule has 0 amide bonds. The predicted molar refractivity (Wildman–Crippen MR) is 110 cm³/mol. The number of aromatic nitrogens is 4. The molecular weight excluding hydrogens is 396 g/mol. The van der Waals surface area contributed by atoms with Gasteiger partial charge in [0.1, 0.15) is 4.83 Å². The molecule has 0 aromatic carbocycles. The number of thioether (sulfide) groups is 1. The number of hydrogen-bond acceptors (Lipinski definition) is 8. The summed E-state index contributed by atoms with van der Waals surface area (Å²) < 4.78 is 12.9. The van der Waals surface area contributed by atoms with Gasteiger partial charge in [0.15, 0.2) is 11.0 Å². The molecule has 1 unspecified atom stereocenters. The van der Waals surface area contributed by atoms with E-state index in [1.165, 1.54) is 11.8 Å². The third kappa shape index (κ3) is 3.75. The van der Waals surface area contributed by atoms with Crippen molar-refractivity contribution in [2.75, 3.05) is 6.61 Å². The Hall–Kier alpha value is -1.71. The van der Waals surface area contributed by atoms with Crippen molar-refractivity contribution in [3.63, 3.8) is 0 Å². The lowest BCUT2D eigenvalue weighted by Gasteiger charge is -2.15. The van der Waals surface area contributed by atoms with E-state index in [-0.39, 0.29) is 11.7 Å². The first-order valence-electron chi connectivity index (χ1n) is 9.69. The first-order valence-corrected chi connectivity index (χ1v) is 11.5. The van der Waals surface area contributed by atoms with E-state index in [4.69, 9.17) is 14.2 Å². The Balaban J connectivity index is 1.72. The fourth-order valence-electron chi connectivity index (χ4n) is 3.54. The first kappa shape index (κ1) is 19.6. The second kappa shape index (κ2) is 8.34. The second-order valence-corrected chi connectivity index (χ2v) is 9.01. The smallest absolute Gasteiger partial charge is 0.263 e. The first-order chi connectivity index (χ1) is 13.6. The minimum atomic E-state index is 0.0315. The van der Waals surface area contributed by atoms with Gasteiger partial charge in [0.2, 0.25) is 5.89 Å². The number of fused-ring (bicyclic) bond motifs is 1. The number of aryl methyl sites for hydroxylation is 3. The molecule has 0 radical (unpaired) electrons. The van der Waals surface area contributed by atoms with Crippen molar-refractivity contribution in [1.29, 1.82) is 0 Å². The van der Waals surface area contributed by atoms with E-state index in [1.807, 2.05) is 6.92 Å². The lowest BCUT2D eigenvalue weighted by Crippen LogP contribution is -2.29. The number of thiophene rings is 1. The minimum absolute atomic E-state index is 0.0315. The zero-order valence-electron chi connectivity index (χ0n) is 16.4. The van der Waals surface area contributed by atoms with Crippen LogP contribution in [0, 0.1) is 6.92 Å². The summed E-state index contributed by atoms with van der Waals surface area (Å²) in [5.41, 5.74) is 1.14. The lowest BCUT2D eigenvalue weighted by molar-refractivity contribution is 0.0937. The summed E-state index contributed by atoms with van der Waals surface area (Å²) in [7, 11) is 0. The summed E-state index contributed by atoms with van der Waals surface area (Å²) in [4.78, 5) is 24.6. The van der Waals surface area contributed by atoms with Gasteiger partial charge < -0.3 is 9.26 Å². The maximum Gasteiger partial charge on any atom is 0.263 e. The van der Waals surface area contributed by atoms with E-state index >= 15 is 0 Å². The summed E-state index contributed by atoms with van der Waals surface area (Å²) in [6.45, 7) is 7.43. The summed E-state index contributed by atoms with van der Waals surface area (Å²) >= 11 is 3.06. The van der Waals surface area contributed by atoms with Crippen molar-refractivity contribution in [3.8, 4) is 0 Å². The Morgan fingerprint density at radius 2 is 2.14 bits per heavy atom. The molecule has 1 aliphatic rings. The lowest BCUT2D eigenvalue weighted by atomic mass is 10.1. The SMILES string of the molecule is CCc1noc(CSc2nc3sc(C)c(CC)c3c(=O)n2CC2CCCO2)n1. The van der Waals surface area contributed by atoms with Crippen LogP contribution in [0.2, 0.25) is 0 Å². The highest BCUT2D eigenvalue weighted by molar-refractivity contribution is 7.98. The van der Waals surface area contributed by atoms with E-state index in [1.54, 1.807) is 15.9 Å². The van der Waals surface area contributed by atoms with Crippen molar-refractivity contribution in [2.24, 2.45) is 0 Å². The molecule has 1 aliphatic heterocycles. The zero-order chi connectivity index (χ0) is 19.7. The molecular formula is C19H24N4O3S2. The van der Waals surface area contributed by atoms with Gasteiger partial charge in [-0.3, -0.25) is 9.36 Å². The van der Waals surface area contributed by atoms with Crippen LogP contribution >= 0.6 is 23.1 Å². The number of nitrogens with zero attached hydrogens (tertiary/aromatic N) is 4. The van der Waals surface area contributed by atoms with E-state index in [2.05, 4.69) is 24.0 Å². The van der Waals surface area contributed by atoms with E-state index in [0.29, 0.717) is 29.2 Å². The minimum Gasteiger partial charge on any atom is -0.376 e. The van der Waals surface area contributed by atoms with Gasteiger partial charge in [-0.15, -0.1) is 11.3 Å². The fourth-order valence-corrected chi connectivity index (χ4v) is 5.54. The monoisotopic (exact) mass is 420 g/mol. The highest BCUT2D eigenvalue weighted by atomic mass is 32.2. The van der Waals surface area contributed by atoms with E-state index < -0.39 is 0 Å². The van der Waals surface area contributed by atoms with Crippen LogP contribution in [-0.4, -0.2) is 32.4 Å². The van der Waals surface area contributed by atoms with Crippen LogP contribution in [0.3, 0.4) is 0 Å². The average molecular weight is 421 g/mol. The Morgan fingerprint density at radius 3 is 2.82 bits per heavy atom. The van der Waals surface area contributed by atoms with Crippen molar-refractivity contribution in [3.05, 3.63) is 32.5 Å². The van der Waals surface area contributed by atoms with E-state index in [0.717, 1.165) is 52.9 Å². The standard InChI is InChI=1S/C19H24N4O3S2/c1-4-13-11(3)28-17-16(13)18(24)23(9-12-7-6-8-25-12)19(21-17)27-10-15-20-14(5-2)22-26-15/h12H,4-10H2,1-3H3. The topological polar surface area (TPSA) is 83.0 Å². The Labute approximate surface area is 171 Å². The van der Waals surface area contributed by atoms with Gasteiger partial charge in [-0.2, -0.15) is 4.98 Å². The molecule has 3 aromatic heterocycles. The summed E-state index contributed by atoms with van der Waals surface area (Å²) in [5.74, 6) is 1.73. The van der Waals surface area contributed by atoms with E-state index in [9.17, 15) is 4.79 Å². The van der Waals surface area contributed by atoms with Gasteiger partial charge in [0, 0.05) is 17.9 Å². The molecule has 9 heteroatoms. The number of hydrogen-bond donors (Lipinski definition) is 0. The van der Waals surface area contributed by atoms with Crippen LogP contribution in [0.1, 0.15) is 48.8 Å². The molecule has 1 saturated heterocycles. The van der Waals surface area contributed by atoms with Crippen molar-refractivity contribution in [1.82, 2.24) is 19.7 Å². The largest absolute Gasteiger partial charge is 0.376 e. The van der Waals surface area contributed by atoms with Crippen molar-refractivity contribution >= 4 is 33.3 Å². The summed E-state index contributed by atoms with van der Waals surface area (Å²) in [6, 6.07) is 0. The van der Waals surface area contributed by atoms with Crippen LogP contribution in [0.25, 0.3) is 10.2 Å². The summed E-state index contributed by atoms with van der Waals surface area (Å²) in [5, 5.41) is 5.39. The molecule has 1 atom stereocenters. The molecule has 4 rings (SSSR count). The van der Waals surface area contributed by atoms with Gasteiger partial charge in [-0.05, 0) is 31.7 Å². The molecule has 0 bridgehead atoms. The molecule has 3 aromatic rings. The quantitative estimate of drug-likeness (QED) is 0.425. The Kier molecular flexibility index (Phi) is 5.84. The zero-order valence-corrected chi connectivity index (χ0v) is 18.0. The Bertz CT molecular complexity index is 1030. The number of ether oxygens (including phenoxy) is 1. The molecule has 1 fully saturated rings. The maximum atomic E-state index is 13.4. The number of rotatable bonds is 7. The van der Waals surface area contributed by atoms with Crippen LogP contribution < -0.4 is 5.56 Å². The van der Waals surface area contributed by atoms with Crippen LogP contribution in [0.15, 0.2) is 14.5 Å². The highest BCUT2D eigenvalue weighted by Gasteiger charge is 2.23. The second-order valence-electron chi connectivity index (χ2n) is 6.86. The van der Waals surface area contributed by atoms with Crippen LogP contribution in [0.5, 0.6) is 0 Å². The summed E-state index contributed by atoms with van der Waals surface area (Å²) in [6.07, 6.45) is 3.64. The average Bonchev–Trinajstić information content (AvgIpc) is 3.42. The third-order valence-corrected chi connectivity index (χ3v) is 6.99. The van der Waals surface area contributed by atoms with Crippen molar-refractivity contribution in [2.45, 2.75) is 70.0 Å². The van der Waals surface area contributed by atoms with Gasteiger partial charge in [0.25, 0.3) is 5.56 Å². The molecule has 0 N–H and O–H groups in total. The predicted octanol–water partition coefficient (Wildman–Crippen LogP) is 3.75. The molecule has 150 valence electrons. The molecule has 0 aliphatic carbocycles. The Morgan fingerprint density at radius 1 is 1.29 bits per heavy atom. The highest BCUT2D eigenvalue weighted by Crippen LogP contribution is 2.30. The van der Waals surface area contributed by atoms with Gasteiger partial charge in [0.05, 0.1) is 23.8 Å². The molecule has 28 heavy (non-hydrogen) atoms. The maximum absolute atomic E-state index is 13.4. The molecule has 7 nitrogen and oxygen atoms in total. The van der Waals surface area contributed by atoms with Crippen molar-refractivity contribution < 1.29 is 9.26 Å². The molecule has 0 saturated carbocycles.